The number of thiocarbonyl (C=S) groups is 1. The second kappa shape index (κ2) is 7.95. The Hall–Kier alpha value is -1.98. The number of aryl methyl sites for hydroxylation is 1. The van der Waals surface area contributed by atoms with Crippen LogP contribution in [0, 0.1) is 6.92 Å². The summed E-state index contributed by atoms with van der Waals surface area (Å²) in [5.41, 5.74) is 3.46. The molecule has 0 unspecified atom stereocenters. The summed E-state index contributed by atoms with van der Waals surface area (Å²) in [6.07, 6.45) is 2.55. The molecule has 0 amide bonds. The molecule has 0 fully saturated rings. The predicted octanol–water partition coefficient (Wildman–Crippen LogP) is 5.44. The molecule has 0 bridgehead atoms. The van der Waals surface area contributed by atoms with Crippen molar-refractivity contribution in [2.75, 3.05) is 6.54 Å². The van der Waals surface area contributed by atoms with Gasteiger partial charge in [0.05, 0.1) is 12.8 Å². The zero-order chi connectivity index (χ0) is 19.6. The van der Waals surface area contributed by atoms with Gasteiger partial charge < -0.3 is 19.6 Å². The van der Waals surface area contributed by atoms with Gasteiger partial charge in [0.25, 0.3) is 0 Å². The van der Waals surface area contributed by atoms with Crippen LogP contribution in [0.5, 0.6) is 0 Å². The van der Waals surface area contributed by atoms with Crippen LogP contribution in [-0.4, -0.2) is 27.1 Å². The van der Waals surface area contributed by atoms with Crippen molar-refractivity contribution in [1.82, 2.24) is 15.2 Å². The number of aromatic nitrogens is 1. The van der Waals surface area contributed by atoms with E-state index in [1.165, 1.54) is 16.6 Å². The number of H-pyrrole nitrogens is 1. The lowest BCUT2D eigenvalue weighted by atomic mass is 10.1. The zero-order valence-corrected chi connectivity index (χ0v) is 17.8. The van der Waals surface area contributed by atoms with E-state index in [1.807, 2.05) is 30.3 Å². The molecule has 3 rings (SSSR count). The molecule has 4 nitrogen and oxygen atoms in total. The number of hydrogen-bond acceptors (Lipinski definition) is 2. The van der Waals surface area contributed by atoms with E-state index in [2.05, 4.69) is 42.9 Å². The first-order valence-corrected chi connectivity index (χ1v) is 9.88. The van der Waals surface area contributed by atoms with Crippen LogP contribution in [0.25, 0.3) is 10.9 Å². The highest BCUT2D eigenvalue weighted by molar-refractivity contribution is 7.80. The number of fused-ring (bicyclic) bond motifs is 1. The van der Waals surface area contributed by atoms with Crippen molar-refractivity contribution in [3.63, 3.8) is 0 Å². The van der Waals surface area contributed by atoms with Crippen LogP contribution in [0.15, 0.2) is 41.0 Å². The number of benzene rings is 1. The normalized spacial score (nSPS) is 11.7. The monoisotopic (exact) mass is 403 g/mol. The molecule has 6 heteroatoms. The summed E-state index contributed by atoms with van der Waals surface area (Å²) in [6.45, 7) is 9.84. The van der Waals surface area contributed by atoms with E-state index < -0.39 is 0 Å². The fourth-order valence-corrected chi connectivity index (χ4v) is 3.80. The lowest BCUT2D eigenvalue weighted by Crippen LogP contribution is -2.48. The minimum Gasteiger partial charge on any atom is -0.467 e. The summed E-state index contributed by atoms with van der Waals surface area (Å²) in [5.74, 6) is 0.895. The van der Waals surface area contributed by atoms with Gasteiger partial charge in [-0.2, -0.15) is 0 Å². The van der Waals surface area contributed by atoms with E-state index in [0.29, 0.717) is 6.54 Å². The summed E-state index contributed by atoms with van der Waals surface area (Å²) in [7, 11) is 0. The fourth-order valence-electron chi connectivity index (χ4n) is 3.17. The molecule has 144 valence electrons. The Bertz CT molecular complexity index is 925. The minimum absolute atomic E-state index is 0.0945. The second-order valence-electron chi connectivity index (χ2n) is 7.85. The van der Waals surface area contributed by atoms with Gasteiger partial charge in [0.15, 0.2) is 5.11 Å². The van der Waals surface area contributed by atoms with Gasteiger partial charge in [-0.15, -0.1) is 0 Å². The van der Waals surface area contributed by atoms with E-state index in [-0.39, 0.29) is 5.54 Å². The van der Waals surface area contributed by atoms with E-state index in [1.54, 1.807) is 6.26 Å². The Labute approximate surface area is 170 Å². The predicted molar refractivity (Wildman–Crippen MR) is 116 cm³/mol. The van der Waals surface area contributed by atoms with Crippen LogP contribution in [-0.2, 0) is 13.0 Å². The molecular weight excluding hydrogens is 378 g/mol. The molecule has 0 spiro atoms. The van der Waals surface area contributed by atoms with Crippen LogP contribution in [0.2, 0.25) is 5.02 Å². The smallest absolute Gasteiger partial charge is 0.169 e. The van der Waals surface area contributed by atoms with Crippen LogP contribution in [0.4, 0.5) is 0 Å². The summed E-state index contributed by atoms with van der Waals surface area (Å²) < 4.78 is 5.54. The molecule has 0 radical (unpaired) electrons. The molecule has 0 aliphatic carbocycles. The average molecular weight is 404 g/mol. The molecule has 2 aromatic heterocycles. The topological polar surface area (TPSA) is 44.2 Å². The van der Waals surface area contributed by atoms with Crippen LogP contribution >= 0.6 is 23.8 Å². The van der Waals surface area contributed by atoms with Crippen molar-refractivity contribution in [3.8, 4) is 0 Å². The van der Waals surface area contributed by atoms with Crippen molar-refractivity contribution < 1.29 is 4.42 Å². The summed E-state index contributed by atoms with van der Waals surface area (Å²) >= 11 is 11.9. The highest BCUT2D eigenvalue weighted by atomic mass is 35.5. The largest absolute Gasteiger partial charge is 0.467 e. The molecule has 0 saturated carbocycles. The van der Waals surface area contributed by atoms with Crippen LogP contribution in [0.3, 0.4) is 0 Å². The molecule has 0 aliphatic rings. The third-order valence-corrected chi connectivity index (χ3v) is 5.00. The first-order chi connectivity index (χ1) is 12.7. The van der Waals surface area contributed by atoms with Crippen molar-refractivity contribution in [2.24, 2.45) is 0 Å². The van der Waals surface area contributed by atoms with Crippen LogP contribution < -0.4 is 5.32 Å². The molecule has 2 heterocycles. The van der Waals surface area contributed by atoms with Gasteiger partial charge >= 0.3 is 0 Å². The molecule has 3 aromatic rings. The van der Waals surface area contributed by atoms with Crippen molar-refractivity contribution in [2.45, 2.75) is 46.2 Å². The van der Waals surface area contributed by atoms with Crippen molar-refractivity contribution >= 4 is 39.8 Å². The van der Waals surface area contributed by atoms with Crippen molar-refractivity contribution in [3.05, 3.63) is 58.6 Å². The van der Waals surface area contributed by atoms with E-state index in [9.17, 15) is 0 Å². The maximum atomic E-state index is 6.21. The SMILES string of the molecule is Cc1[nH]c2ccc(Cl)cc2c1CCN(Cc1ccco1)C(=S)NC(C)(C)C. The number of nitrogens with one attached hydrogen (secondary N) is 2. The van der Waals surface area contributed by atoms with Gasteiger partial charge in [0.1, 0.15) is 5.76 Å². The number of nitrogens with zero attached hydrogens (tertiary/aromatic N) is 1. The van der Waals surface area contributed by atoms with Crippen LogP contribution in [0.1, 0.15) is 37.8 Å². The average Bonchev–Trinajstić information content (AvgIpc) is 3.17. The van der Waals surface area contributed by atoms with Gasteiger partial charge in [-0.25, -0.2) is 0 Å². The number of furan rings is 1. The molecular formula is C21H26ClN3OS. The van der Waals surface area contributed by atoms with E-state index >= 15 is 0 Å². The summed E-state index contributed by atoms with van der Waals surface area (Å²) in [5, 5.41) is 6.06. The Kier molecular flexibility index (Phi) is 5.82. The van der Waals surface area contributed by atoms with Gasteiger partial charge in [0.2, 0.25) is 0 Å². The summed E-state index contributed by atoms with van der Waals surface area (Å²) in [4.78, 5) is 5.60. The quantitative estimate of drug-likeness (QED) is 0.556. The molecule has 0 aliphatic heterocycles. The van der Waals surface area contributed by atoms with E-state index in [4.69, 9.17) is 28.2 Å². The van der Waals surface area contributed by atoms with Gasteiger partial charge in [0, 0.05) is 33.7 Å². The Balaban J connectivity index is 1.81. The van der Waals surface area contributed by atoms with E-state index in [0.717, 1.165) is 34.4 Å². The Morgan fingerprint density at radius 1 is 1.30 bits per heavy atom. The number of aromatic amines is 1. The lowest BCUT2D eigenvalue weighted by molar-refractivity contribution is 0.347. The minimum atomic E-state index is -0.0945. The maximum Gasteiger partial charge on any atom is 0.169 e. The highest BCUT2D eigenvalue weighted by Crippen LogP contribution is 2.26. The number of halogens is 1. The number of hydrogen-bond donors (Lipinski definition) is 2. The summed E-state index contributed by atoms with van der Waals surface area (Å²) in [6, 6.07) is 9.84. The van der Waals surface area contributed by atoms with Crippen molar-refractivity contribution in [1.29, 1.82) is 0 Å². The van der Waals surface area contributed by atoms with Gasteiger partial charge in [-0.1, -0.05) is 11.6 Å². The highest BCUT2D eigenvalue weighted by Gasteiger charge is 2.19. The molecule has 27 heavy (non-hydrogen) atoms. The molecule has 2 N–H and O–H groups in total. The fraction of sp³-hybridized carbons (Fsp3) is 0.381. The number of rotatable bonds is 5. The standard InChI is InChI=1S/C21H26ClN3OS/c1-14-17(18-12-15(22)7-8-19(18)23-14)9-10-25(13-16-6-5-11-26-16)20(27)24-21(2,3)4/h5-8,11-12,23H,9-10,13H2,1-4H3,(H,24,27). The molecule has 0 saturated heterocycles. The lowest BCUT2D eigenvalue weighted by Gasteiger charge is -2.30. The van der Waals surface area contributed by atoms with Gasteiger partial charge in [-0.05, 0) is 82.2 Å². The Morgan fingerprint density at radius 3 is 2.74 bits per heavy atom. The first kappa shape index (κ1) is 19.8. The molecule has 1 aromatic carbocycles. The first-order valence-electron chi connectivity index (χ1n) is 9.09. The second-order valence-corrected chi connectivity index (χ2v) is 8.67. The maximum absolute atomic E-state index is 6.21. The third kappa shape index (κ3) is 5.05. The zero-order valence-electron chi connectivity index (χ0n) is 16.2. The Morgan fingerprint density at radius 2 is 2.07 bits per heavy atom. The molecule has 0 atom stereocenters. The third-order valence-electron chi connectivity index (χ3n) is 4.41. The van der Waals surface area contributed by atoms with Gasteiger partial charge in [-0.3, -0.25) is 0 Å².